The largest absolute Gasteiger partial charge is 0.481 e. The summed E-state index contributed by atoms with van der Waals surface area (Å²) in [6, 6.07) is 13.0. The normalized spacial score (nSPS) is 11.5. The Kier molecular flexibility index (Phi) is 12.4. The number of benzene rings is 2. The van der Waals surface area contributed by atoms with Gasteiger partial charge in [0.05, 0.1) is 46.6 Å². The van der Waals surface area contributed by atoms with Crippen molar-refractivity contribution in [2.45, 2.75) is 66.2 Å². The van der Waals surface area contributed by atoms with Crippen molar-refractivity contribution in [1.82, 2.24) is 38.7 Å². The Balaban J connectivity index is 1.24. The lowest BCUT2D eigenvalue weighted by atomic mass is 10.2. The van der Waals surface area contributed by atoms with Crippen molar-refractivity contribution in [1.29, 1.82) is 0 Å². The van der Waals surface area contributed by atoms with Gasteiger partial charge >= 0.3 is 5.97 Å². The van der Waals surface area contributed by atoms with Gasteiger partial charge in [0.25, 0.3) is 11.8 Å². The molecule has 302 valence electrons. The van der Waals surface area contributed by atoms with Gasteiger partial charge in [0.15, 0.2) is 0 Å². The minimum Gasteiger partial charge on any atom is -0.481 e. The third-order valence-corrected chi connectivity index (χ3v) is 9.20. The number of imidazole rings is 2. The number of aromatic nitrogens is 8. The number of aliphatic carboxylic acids is 1. The molecule has 19 nitrogen and oxygen atoms in total. The van der Waals surface area contributed by atoms with Gasteiger partial charge in [-0.15, -0.1) is 0 Å². The molecule has 0 saturated carbocycles. The number of hydrogen-bond acceptors (Lipinski definition) is 10. The molecule has 4 aromatic heterocycles. The van der Waals surface area contributed by atoms with Crippen molar-refractivity contribution in [3.8, 4) is 0 Å². The Morgan fingerprint density at radius 2 is 1.22 bits per heavy atom. The number of nitrogens with zero attached hydrogens (tertiary/aromatic N) is 8. The molecule has 0 radical (unpaired) electrons. The number of hydrogen-bond donors (Lipinski definition) is 5. The number of carboxylic acid groups (broad SMARTS) is 1. The predicted octanol–water partition coefficient (Wildman–Crippen LogP) is 3.65. The quantitative estimate of drug-likeness (QED) is 0.0584. The summed E-state index contributed by atoms with van der Waals surface area (Å²) < 4.78 is 12.3. The Labute approximate surface area is 331 Å². The smallest absolute Gasteiger partial charge is 0.303 e. The number of allylic oxidation sites excluding steroid dienone is 2. The van der Waals surface area contributed by atoms with Gasteiger partial charge in [-0.1, -0.05) is 12.2 Å². The summed E-state index contributed by atoms with van der Waals surface area (Å²) in [7, 11) is 0. The summed E-state index contributed by atoms with van der Waals surface area (Å²) in [5.41, 5.74) is 15.7. The zero-order valence-corrected chi connectivity index (χ0v) is 32.3. The number of nitrogens with one attached hydrogen (secondary N) is 2. The number of carbonyl (C=O) groups is 5. The van der Waals surface area contributed by atoms with Crippen molar-refractivity contribution in [3.05, 3.63) is 94.6 Å². The van der Waals surface area contributed by atoms with E-state index in [9.17, 15) is 24.0 Å². The second kappa shape index (κ2) is 17.8. The first-order valence-electron chi connectivity index (χ1n) is 18.6. The summed E-state index contributed by atoms with van der Waals surface area (Å²) in [5.74, 6) is -2.53. The maximum absolute atomic E-state index is 13.7. The van der Waals surface area contributed by atoms with Crippen molar-refractivity contribution < 1.29 is 33.8 Å². The topological polar surface area (TPSA) is 262 Å². The van der Waals surface area contributed by atoms with E-state index in [1.807, 2.05) is 19.1 Å². The number of rotatable bonds is 19. The molecule has 0 aliphatic heterocycles. The molecule has 58 heavy (non-hydrogen) atoms. The Morgan fingerprint density at radius 1 is 0.724 bits per heavy atom. The summed E-state index contributed by atoms with van der Waals surface area (Å²) in [6.45, 7) is 7.35. The van der Waals surface area contributed by atoms with Crippen molar-refractivity contribution >= 4 is 63.6 Å². The van der Waals surface area contributed by atoms with Gasteiger partial charge in [0.1, 0.15) is 11.4 Å². The van der Waals surface area contributed by atoms with Gasteiger partial charge in [0.2, 0.25) is 23.7 Å². The number of fused-ring (bicyclic) bond motifs is 2. The molecule has 0 spiro atoms. The molecule has 2 aromatic carbocycles. The summed E-state index contributed by atoms with van der Waals surface area (Å²) in [4.78, 5) is 71.1. The zero-order valence-electron chi connectivity index (χ0n) is 32.3. The van der Waals surface area contributed by atoms with Gasteiger partial charge in [-0.25, -0.2) is 9.97 Å². The van der Waals surface area contributed by atoms with Crippen LogP contribution in [0.25, 0.3) is 22.1 Å². The number of carbonyl (C=O) groups excluding carboxylic acids is 4. The fourth-order valence-corrected chi connectivity index (χ4v) is 6.42. The van der Waals surface area contributed by atoms with Crippen LogP contribution in [0.4, 0.5) is 11.9 Å². The first kappa shape index (κ1) is 40.5. The lowest BCUT2D eigenvalue weighted by molar-refractivity contribution is -0.137. The molecule has 0 aliphatic rings. The minimum absolute atomic E-state index is 0.0758. The lowest BCUT2D eigenvalue weighted by Crippen LogP contribution is -2.21. The van der Waals surface area contributed by atoms with Crippen LogP contribution < -0.4 is 22.1 Å². The predicted molar refractivity (Wildman–Crippen MR) is 213 cm³/mol. The van der Waals surface area contributed by atoms with Crippen LogP contribution in [-0.2, 0) is 35.7 Å². The standard InChI is InChI=1S/C39H44N12O7/c1-4-50-31(19-23(2)46-50)36(56)44-38-42-27-21-25(34(40)54)10-12-29(27)48(38)14-6-7-15-49-30-13-11-26(35(41)55)22-28(30)43-39(49)45-37(57)32-20-24(3)47-51(32)16-18-58-17-8-5-9-33(52)53/h6-7,10-13,19-22H,4-5,8-9,14-18H2,1-3H3,(H2,40,54)(H2,41,55)(H,52,53)(H,42,44,56)(H,43,45,57)/b7-6+. The molecule has 0 unspecified atom stereocenters. The molecule has 4 heterocycles. The molecule has 4 amide bonds. The van der Waals surface area contributed by atoms with E-state index in [1.165, 1.54) is 4.68 Å². The molecule has 0 atom stereocenters. The van der Waals surface area contributed by atoms with E-state index in [4.69, 9.17) is 21.3 Å². The van der Waals surface area contributed by atoms with E-state index in [0.29, 0.717) is 65.1 Å². The van der Waals surface area contributed by atoms with Crippen LogP contribution in [0.15, 0.2) is 60.7 Å². The van der Waals surface area contributed by atoms with Gasteiger partial charge in [-0.2, -0.15) is 10.2 Å². The van der Waals surface area contributed by atoms with Crippen molar-refractivity contribution in [2.24, 2.45) is 11.5 Å². The second-order valence-corrected chi connectivity index (χ2v) is 13.5. The van der Waals surface area contributed by atoms with Gasteiger partial charge in [0, 0.05) is 43.8 Å². The highest BCUT2D eigenvalue weighted by Crippen LogP contribution is 2.24. The molecule has 0 aliphatic carbocycles. The number of anilines is 2. The zero-order chi connectivity index (χ0) is 41.5. The number of primary amides is 2. The summed E-state index contributed by atoms with van der Waals surface area (Å²) >= 11 is 0. The van der Waals surface area contributed by atoms with Crippen LogP contribution in [0, 0.1) is 13.8 Å². The maximum atomic E-state index is 13.7. The number of unbranched alkanes of at least 4 members (excludes halogenated alkanes) is 1. The van der Waals surface area contributed by atoms with Crippen LogP contribution >= 0.6 is 0 Å². The molecule has 0 bridgehead atoms. The van der Waals surface area contributed by atoms with Crippen LogP contribution in [-0.4, -0.2) is 86.6 Å². The van der Waals surface area contributed by atoms with E-state index in [2.05, 4.69) is 30.8 Å². The highest BCUT2D eigenvalue weighted by Gasteiger charge is 2.21. The highest BCUT2D eigenvalue weighted by atomic mass is 16.5. The van der Waals surface area contributed by atoms with Crippen LogP contribution in [0.1, 0.15) is 79.3 Å². The highest BCUT2D eigenvalue weighted by molar-refractivity contribution is 6.04. The molecule has 0 saturated heterocycles. The van der Waals surface area contributed by atoms with E-state index in [0.717, 1.165) is 0 Å². The van der Waals surface area contributed by atoms with E-state index >= 15 is 0 Å². The average molecular weight is 793 g/mol. The SMILES string of the molecule is CCn1nc(C)cc1C(=O)Nc1nc2cc(C(N)=O)ccc2n1C/C=C/Cn1c(NC(=O)c2cc(C)nn2CCOCCCCC(=O)O)nc2cc(C(N)=O)ccc21. The van der Waals surface area contributed by atoms with Gasteiger partial charge in [-0.05, 0) is 82.1 Å². The molecule has 0 fully saturated rings. The first-order chi connectivity index (χ1) is 27.8. The number of aryl methyl sites for hydroxylation is 3. The average Bonchev–Trinajstić information content (AvgIpc) is 3.94. The van der Waals surface area contributed by atoms with Gasteiger partial charge in [-0.3, -0.25) is 44.0 Å². The third kappa shape index (κ3) is 9.27. The number of ether oxygens (including phenoxy) is 1. The fraction of sp³-hybridized carbons (Fsp3) is 0.308. The number of nitrogens with two attached hydrogens (primary N) is 2. The molecule has 6 rings (SSSR count). The van der Waals surface area contributed by atoms with Crippen LogP contribution in [0.2, 0.25) is 0 Å². The Bertz CT molecular complexity index is 2560. The second-order valence-electron chi connectivity index (χ2n) is 13.5. The van der Waals surface area contributed by atoms with E-state index in [1.54, 1.807) is 76.2 Å². The maximum Gasteiger partial charge on any atom is 0.303 e. The monoisotopic (exact) mass is 792 g/mol. The summed E-state index contributed by atoms with van der Waals surface area (Å²) in [5, 5.41) is 23.4. The molecular formula is C39H44N12O7. The first-order valence-corrected chi connectivity index (χ1v) is 18.6. The van der Waals surface area contributed by atoms with Gasteiger partial charge < -0.3 is 30.4 Å². The molecule has 19 heteroatoms. The lowest BCUT2D eigenvalue weighted by Gasteiger charge is -2.11. The van der Waals surface area contributed by atoms with Crippen molar-refractivity contribution in [3.63, 3.8) is 0 Å². The minimum atomic E-state index is -0.852. The Morgan fingerprint density at radius 3 is 1.71 bits per heavy atom. The van der Waals surface area contributed by atoms with Crippen molar-refractivity contribution in [2.75, 3.05) is 23.8 Å². The van der Waals surface area contributed by atoms with Crippen LogP contribution in [0.3, 0.4) is 0 Å². The van der Waals surface area contributed by atoms with E-state index < -0.39 is 29.6 Å². The van der Waals surface area contributed by atoms with E-state index in [-0.39, 0.29) is 61.4 Å². The third-order valence-electron chi connectivity index (χ3n) is 9.20. The van der Waals surface area contributed by atoms with Crippen LogP contribution in [0.5, 0.6) is 0 Å². The molecular weight excluding hydrogens is 749 g/mol. The summed E-state index contributed by atoms with van der Waals surface area (Å²) in [6.07, 6.45) is 4.89. The number of carboxylic acids is 1. The number of amides is 4. The molecule has 6 aromatic rings. The molecule has 7 N–H and O–H groups in total. The fourth-order valence-electron chi connectivity index (χ4n) is 6.42. The Hall–Kier alpha value is -7.15.